The summed E-state index contributed by atoms with van der Waals surface area (Å²) in [4.78, 5) is 32.4. The molecule has 0 aliphatic carbocycles. The Hall–Kier alpha value is -3.51. The second kappa shape index (κ2) is 11.6. The number of amides is 2. The number of carbonyl (C=O) groups excluding carboxylic acids is 2. The van der Waals surface area contributed by atoms with E-state index in [1.54, 1.807) is 6.20 Å². The monoisotopic (exact) mass is 456 g/mol. The molecule has 3 aromatic rings. The molecule has 1 aliphatic heterocycles. The molecule has 34 heavy (non-hydrogen) atoms. The molecule has 6 heteroatoms. The van der Waals surface area contributed by atoms with E-state index in [1.807, 2.05) is 83.8 Å². The van der Waals surface area contributed by atoms with E-state index >= 15 is 0 Å². The van der Waals surface area contributed by atoms with E-state index in [0.29, 0.717) is 19.4 Å². The molecule has 2 amide bonds. The topological polar surface area (TPSA) is 88.3 Å². The number of benzene rings is 2. The second-order valence-electron chi connectivity index (χ2n) is 8.88. The lowest BCUT2D eigenvalue weighted by molar-refractivity contribution is -0.134. The van der Waals surface area contributed by atoms with Crippen molar-refractivity contribution in [2.45, 2.75) is 50.2 Å². The van der Waals surface area contributed by atoms with Gasteiger partial charge in [-0.05, 0) is 42.5 Å². The van der Waals surface area contributed by atoms with Crippen LogP contribution in [0.2, 0.25) is 0 Å². The quantitative estimate of drug-likeness (QED) is 0.516. The minimum absolute atomic E-state index is 0.0638. The number of pyridine rings is 1. The summed E-state index contributed by atoms with van der Waals surface area (Å²) in [6.07, 6.45) is 4.83. The van der Waals surface area contributed by atoms with Crippen molar-refractivity contribution in [3.05, 3.63) is 102 Å². The lowest BCUT2D eigenvalue weighted by atomic mass is 10.0. The molecule has 3 unspecified atom stereocenters. The van der Waals surface area contributed by atoms with Gasteiger partial charge in [0.05, 0.1) is 12.1 Å². The van der Waals surface area contributed by atoms with Gasteiger partial charge in [0.2, 0.25) is 11.8 Å². The third kappa shape index (κ3) is 6.29. The van der Waals surface area contributed by atoms with Crippen molar-refractivity contribution in [1.82, 2.24) is 15.2 Å². The predicted molar refractivity (Wildman–Crippen MR) is 133 cm³/mol. The van der Waals surface area contributed by atoms with Gasteiger partial charge in [0.1, 0.15) is 0 Å². The first kappa shape index (κ1) is 23.6. The van der Waals surface area contributed by atoms with Gasteiger partial charge in [0.25, 0.3) is 0 Å². The average molecular weight is 457 g/mol. The Morgan fingerprint density at radius 2 is 1.68 bits per heavy atom. The minimum atomic E-state index is -0.604. The van der Waals surface area contributed by atoms with E-state index in [-0.39, 0.29) is 30.3 Å². The largest absolute Gasteiger partial charge is 0.349 e. The van der Waals surface area contributed by atoms with E-state index in [4.69, 9.17) is 5.73 Å². The molecular formula is C28H32N4O2. The number of likely N-dealkylation sites (tertiary alicyclic amines) is 1. The number of aromatic nitrogens is 1. The van der Waals surface area contributed by atoms with E-state index in [9.17, 15) is 9.59 Å². The molecule has 0 bridgehead atoms. The standard InChI is InChI=1S/C28H32N4O2/c29-25(18-21-10-3-1-4-11-21)28(34)32-17-9-15-24(32)20-27(33)31-26(22-12-5-2-6-13-22)19-23-14-7-8-16-30-23/h1-8,10-14,16,24-26H,9,15,17-20,29H2,(H,31,33). The first-order valence-corrected chi connectivity index (χ1v) is 11.9. The molecule has 1 fully saturated rings. The van der Waals surface area contributed by atoms with Crippen LogP contribution in [0.3, 0.4) is 0 Å². The van der Waals surface area contributed by atoms with Gasteiger partial charge in [-0.15, -0.1) is 0 Å². The fraction of sp³-hybridized carbons (Fsp3) is 0.321. The Morgan fingerprint density at radius 1 is 0.971 bits per heavy atom. The molecule has 0 saturated carbocycles. The molecule has 3 atom stereocenters. The Bertz CT molecular complexity index is 1060. The van der Waals surface area contributed by atoms with Crippen molar-refractivity contribution in [1.29, 1.82) is 0 Å². The minimum Gasteiger partial charge on any atom is -0.349 e. The molecule has 3 N–H and O–H groups in total. The summed E-state index contributed by atoms with van der Waals surface area (Å²) in [6, 6.07) is 24.6. The molecule has 0 radical (unpaired) electrons. The summed E-state index contributed by atoms with van der Waals surface area (Å²) in [5, 5.41) is 3.19. The molecule has 2 aromatic carbocycles. The van der Waals surface area contributed by atoms with Crippen LogP contribution in [-0.2, 0) is 22.4 Å². The van der Waals surface area contributed by atoms with Gasteiger partial charge in [-0.1, -0.05) is 66.7 Å². The van der Waals surface area contributed by atoms with E-state index in [2.05, 4.69) is 10.3 Å². The smallest absolute Gasteiger partial charge is 0.240 e. The van der Waals surface area contributed by atoms with Gasteiger partial charge in [-0.2, -0.15) is 0 Å². The van der Waals surface area contributed by atoms with E-state index in [1.165, 1.54) is 0 Å². The first-order chi connectivity index (χ1) is 16.6. The Kier molecular flexibility index (Phi) is 8.04. The van der Waals surface area contributed by atoms with Crippen LogP contribution in [-0.4, -0.2) is 40.3 Å². The predicted octanol–water partition coefficient (Wildman–Crippen LogP) is 3.43. The van der Waals surface area contributed by atoms with E-state index < -0.39 is 6.04 Å². The summed E-state index contributed by atoms with van der Waals surface area (Å²) in [5.74, 6) is -0.140. The molecule has 4 rings (SSSR count). The zero-order valence-corrected chi connectivity index (χ0v) is 19.3. The summed E-state index contributed by atoms with van der Waals surface area (Å²) >= 11 is 0. The fourth-order valence-corrected chi connectivity index (χ4v) is 4.64. The van der Waals surface area contributed by atoms with Crippen LogP contribution in [0.5, 0.6) is 0 Å². The summed E-state index contributed by atoms with van der Waals surface area (Å²) in [6.45, 7) is 0.648. The van der Waals surface area contributed by atoms with Crippen molar-refractivity contribution in [3.63, 3.8) is 0 Å². The van der Waals surface area contributed by atoms with Crippen LogP contribution >= 0.6 is 0 Å². The summed E-state index contributed by atoms with van der Waals surface area (Å²) in [5.41, 5.74) is 9.26. The van der Waals surface area contributed by atoms with Crippen LogP contribution in [0, 0.1) is 0 Å². The number of nitrogens with two attached hydrogens (primary N) is 1. The molecule has 1 saturated heterocycles. The van der Waals surface area contributed by atoms with Gasteiger partial charge in [0, 0.05) is 37.3 Å². The maximum Gasteiger partial charge on any atom is 0.240 e. The number of hydrogen-bond donors (Lipinski definition) is 2. The van der Waals surface area contributed by atoms with Crippen molar-refractivity contribution in [2.75, 3.05) is 6.54 Å². The molecule has 0 spiro atoms. The van der Waals surface area contributed by atoms with Crippen molar-refractivity contribution < 1.29 is 9.59 Å². The highest BCUT2D eigenvalue weighted by atomic mass is 16.2. The zero-order chi connectivity index (χ0) is 23.8. The van der Waals surface area contributed by atoms with Crippen LogP contribution in [0.15, 0.2) is 85.1 Å². The van der Waals surface area contributed by atoms with Crippen LogP contribution in [0.1, 0.15) is 42.1 Å². The highest BCUT2D eigenvalue weighted by Crippen LogP contribution is 2.23. The maximum atomic E-state index is 13.1. The Balaban J connectivity index is 1.39. The third-order valence-electron chi connectivity index (χ3n) is 6.37. The summed E-state index contributed by atoms with van der Waals surface area (Å²) < 4.78 is 0. The molecular weight excluding hydrogens is 424 g/mol. The Morgan fingerprint density at radius 3 is 2.38 bits per heavy atom. The van der Waals surface area contributed by atoms with Gasteiger partial charge in [0.15, 0.2) is 0 Å². The second-order valence-corrected chi connectivity index (χ2v) is 8.88. The maximum absolute atomic E-state index is 13.1. The van der Waals surface area contributed by atoms with Gasteiger partial charge < -0.3 is 16.0 Å². The van der Waals surface area contributed by atoms with Crippen molar-refractivity contribution >= 4 is 11.8 Å². The van der Waals surface area contributed by atoms with Gasteiger partial charge >= 0.3 is 0 Å². The zero-order valence-electron chi connectivity index (χ0n) is 19.3. The number of nitrogens with one attached hydrogen (secondary N) is 1. The van der Waals surface area contributed by atoms with Crippen molar-refractivity contribution in [2.24, 2.45) is 5.73 Å². The van der Waals surface area contributed by atoms with E-state index in [0.717, 1.165) is 29.7 Å². The number of nitrogens with zero attached hydrogens (tertiary/aromatic N) is 2. The first-order valence-electron chi connectivity index (χ1n) is 11.9. The fourth-order valence-electron chi connectivity index (χ4n) is 4.64. The third-order valence-corrected chi connectivity index (χ3v) is 6.37. The lowest BCUT2D eigenvalue weighted by Gasteiger charge is -2.28. The molecule has 176 valence electrons. The normalized spacial score (nSPS) is 17.2. The van der Waals surface area contributed by atoms with Crippen LogP contribution < -0.4 is 11.1 Å². The lowest BCUT2D eigenvalue weighted by Crippen LogP contribution is -2.48. The molecule has 1 aliphatic rings. The summed E-state index contributed by atoms with van der Waals surface area (Å²) in [7, 11) is 0. The molecule has 1 aromatic heterocycles. The average Bonchev–Trinajstić information content (AvgIpc) is 3.32. The van der Waals surface area contributed by atoms with Gasteiger partial charge in [-0.25, -0.2) is 0 Å². The van der Waals surface area contributed by atoms with Crippen molar-refractivity contribution in [3.8, 4) is 0 Å². The highest BCUT2D eigenvalue weighted by molar-refractivity contribution is 5.84. The van der Waals surface area contributed by atoms with Gasteiger partial charge in [-0.3, -0.25) is 14.6 Å². The molecule has 6 nitrogen and oxygen atoms in total. The number of hydrogen-bond acceptors (Lipinski definition) is 4. The number of rotatable bonds is 9. The highest BCUT2D eigenvalue weighted by Gasteiger charge is 2.33. The Labute approximate surface area is 201 Å². The number of carbonyl (C=O) groups is 2. The SMILES string of the molecule is NC(Cc1ccccc1)C(=O)N1CCCC1CC(=O)NC(Cc1ccccn1)c1ccccc1. The van der Waals surface area contributed by atoms with Crippen LogP contribution in [0.4, 0.5) is 0 Å². The molecule has 2 heterocycles. The van der Waals surface area contributed by atoms with Crippen LogP contribution in [0.25, 0.3) is 0 Å².